The Labute approximate surface area is 210 Å². The van der Waals surface area contributed by atoms with E-state index in [0.29, 0.717) is 45.6 Å². The van der Waals surface area contributed by atoms with Crippen LogP contribution in [0.3, 0.4) is 0 Å². The molecule has 0 atom stereocenters. The van der Waals surface area contributed by atoms with Gasteiger partial charge in [0.25, 0.3) is 0 Å². The average Bonchev–Trinajstić information content (AvgIpc) is 2.88. The number of hydrogen-bond donors (Lipinski definition) is 1. The van der Waals surface area contributed by atoms with E-state index in [-0.39, 0.29) is 11.5 Å². The summed E-state index contributed by atoms with van der Waals surface area (Å²) < 4.78 is 21.5. The number of aromatic hydroxyl groups is 1. The summed E-state index contributed by atoms with van der Waals surface area (Å²) in [6, 6.07) is 13.9. The summed E-state index contributed by atoms with van der Waals surface area (Å²) in [4.78, 5) is 12.5. The van der Waals surface area contributed by atoms with Gasteiger partial charge in [-0.3, -0.25) is 4.79 Å². The Morgan fingerprint density at radius 3 is 2.06 bits per heavy atom. The van der Waals surface area contributed by atoms with Crippen LogP contribution >= 0.6 is 11.6 Å². The highest BCUT2D eigenvalue weighted by Crippen LogP contribution is 2.39. The molecular weight excluding hydrogens is 468 g/mol. The minimum absolute atomic E-state index is 0.0168. The highest BCUT2D eigenvalue weighted by Gasteiger charge is 2.14. The summed E-state index contributed by atoms with van der Waals surface area (Å²) >= 11 is 5.89. The van der Waals surface area contributed by atoms with Gasteiger partial charge in [-0.05, 0) is 66.1 Å². The number of ether oxygens (including phenoxy) is 4. The summed E-state index contributed by atoms with van der Waals surface area (Å²) in [5.74, 6) is 1.79. The highest BCUT2D eigenvalue weighted by molar-refractivity contribution is 6.30. The number of rotatable bonds is 10. The van der Waals surface area contributed by atoms with Crippen LogP contribution in [-0.2, 0) is 6.42 Å². The number of carbonyl (C=O) groups excluding carboxylic acids is 1. The van der Waals surface area contributed by atoms with Crippen LogP contribution in [0.25, 0.3) is 12.2 Å². The largest absolute Gasteiger partial charge is 0.504 e. The molecule has 0 fully saturated rings. The zero-order chi connectivity index (χ0) is 25.4. The van der Waals surface area contributed by atoms with Gasteiger partial charge in [0.1, 0.15) is 0 Å². The molecule has 0 unspecified atom stereocenters. The molecule has 3 aromatic carbocycles. The molecule has 0 spiro atoms. The van der Waals surface area contributed by atoms with Gasteiger partial charge in [0.15, 0.2) is 28.8 Å². The Hall–Kier alpha value is -3.90. The van der Waals surface area contributed by atoms with E-state index in [1.165, 1.54) is 13.2 Å². The molecule has 7 heteroatoms. The first-order valence-electron chi connectivity index (χ1n) is 10.7. The number of ketones is 1. The molecule has 3 rings (SSSR count). The molecule has 0 saturated heterocycles. The minimum atomic E-state index is -0.154. The van der Waals surface area contributed by atoms with Gasteiger partial charge in [-0.15, -0.1) is 0 Å². The van der Waals surface area contributed by atoms with Crippen molar-refractivity contribution in [3.05, 3.63) is 88.0 Å². The first-order chi connectivity index (χ1) is 16.9. The number of hydrogen-bond acceptors (Lipinski definition) is 6. The number of benzene rings is 3. The summed E-state index contributed by atoms with van der Waals surface area (Å²) in [5.41, 5.74) is 2.73. The number of halogens is 1. The van der Waals surface area contributed by atoms with Gasteiger partial charge in [-0.25, -0.2) is 0 Å². The first kappa shape index (κ1) is 25.7. The fourth-order valence-corrected chi connectivity index (χ4v) is 3.67. The molecule has 0 aliphatic carbocycles. The third-order valence-electron chi connectivity index (χ3n) is 5.36. The van der Waals surface area contributed by atoms with Crippen molar-refractivity contribution in [3.8, 4) is 28.7 Å². The Kier molecular flexibility index (Phi) is 8.81. The topological polar surface area (TPSA) is 74.2 Å². The summed E-state index contributed by atoms with van der Waals surface area (Å²) in [7, 11) is 6.15. The molecule has 6 nitrogen and oxygen atoms in total. The predicted molar refractivity (Wildman–Crippen MR) is 138 cm³/mol. The first-order valence-corrected chi connectivity index (χ1v) is 11.1. The van der Waals surface area contributed by atoms with Gasteiger partial charge in [-0.2, -0.15) is 0 Å². The minimum Gasteiger partial charge on any atom is -0.504 e. The second-order valence-corrected chi connectivity index (χ2v) is 7.89. The van der Waals surface area contributed by atoms with Crippen molar-refractivity contribution in [2.45, 2.75) is 6.42 Å². The third kappa shape index (κ3) is 6.16. The lowest BCUT2D eigenvalue weighted by atomic mass is 10.00. The second kappa shape index (κ2) is 12.0. The summed E-state index contributed by atoms with van der Waals surface area (Å²) in [5, 5.41) is 11.3. The number of phenolic OH excluding ortho intramolecular Hbond substituents is 1. The van der Waals surface area contributed by atoms with E-state index in [4.69, 9.17) is 30.5 Å². The summed E-state index contributed by atoms with van der Waals surface area (Å²) in [6.45, 7) is 0. The molecule has 0 aliphatic rings. The van der Waals surface area contributed by atoms with Crippen molar-refractivity contribution in [2.75, 3.05) is 28.4 Å². The van der Waals surface area contributed by atoms with Crippen molar-refractivity contribution in [1.29, 1.82) is 0 Å². The zero-order valence-electron chi connectivity index (χ0n) is 20.0. The van der Waals surface area contributed by atoms with Gasteiger partial charge in [-0.1, -0.05) is 35.9 Å². The van der Waals surface area contributed by atoms with Crippen LogP contribution in [0.5, 0.6) is 28.7 Å². The van der Waals surface area contributed by atoms with Gasteiger partial charge in [0, 0.05) is 16.1 Å². The van der Waals surface area contributed by atoms with Crippen LogP contribution in [0.15, 0.2) is 60.7 Å². The lowest BCUT2D eigenvalue weighted by molar-refractivity contribution is 0.104. The molecule has 0 aromatic heterocycles. The van der Waals surface area contributed by atoms with Gasteiger partial charge < -0.3 is 24.1 Å². The Balaban J connectivity index is 1.91. The van der Waals surface area contributed by atoms with Crippen molar-refractivity contribution >= 4 is 29.5 Å². The van der Waals surface area contributed by atoms with E-state index in [1.807, 2.05) is 30.4 Å². The van der Waals surface area contributed by atoms with Crippen molar-refractivity contribution in [1.82, 2.24) is 0 Å². The molecular formula is C28H27ClO6. The normalized spacial score (nSPS) is 11.1. The van der Waals surface area contributed by atoms with Crippen molar-refractivity contribution < 1.29 is 28.8 Å². The number of phenols is 1. The molecule has 0 saturated carbocycles. The molecule has 0 amide bonds. The van der Waals surface area contributed by atoms with Crippen molar-refractivity contribution in [2.24, 2.45) is 0 Å². The molecule has 35 heavy (non-hydrogen) atoms. The van der Waals surface area contributed by atoms with Crippen LogP contribution < -0.4 is 18.9 Å². The van der Waals surface area contributed by atoms with E-state index in [9.17, 15) is 9.90 Å². The quantitative estimate of drug-likeness (QED) is 0.204. The van der Waals surface area contributed by atoms with E-state index in [1.54, 1.807) is 57.7 Å². The lowest BCUT2D eigenvalue weighted by Gasteiger charge is -2.13. The maximum absolute atomic E-state index is 12.5. The molecule has 0 bridgehead atoms. The number of methoxy groups -OCH3 is 4. The molecule has 1 N–H and O–H groups in total. The Morgan fingerprint density at radius 1 is 0.857 bits per heavy atom. The van der Waals surface area contributed by atoms with Crippen LogP contribution in [0, 0.1) is 0 Å². The van der Waals surface area contributed by atoms with Crippen LogP contribution in [0.1, 0.15) is 27.0 Å². The SMILES string of the molecule is COc1ccc(/C=C\c2cc(OC)c(OC)c(OC)c2)c(C/C=C\C(=O)c2ccc(Cl)cc2)c1O. The Bertz CT molecular complexity index is 1220. The summed E-state index contributed by atoms with van der Waals surface area (Å²) in [6.07, 6.45) is 7.25. The van der Waals surface area contributed by atoms with Crippen LogP contribution in [-0.4, -0.2) is 39.3 Å². The van der Waals surface area contributed by atoms with Gasteiger partial charge in [0.2, 0.25) is 5.75 Å². The number of carbonyl (C=O) groups is 1. The molecule has 0 aliphatic heterocycles. The lowest BCUT2D eigenvalue weighted by Crippen LogP contribution is -1.96. The van der Waals surface area contributed by atoms with E-state index in [2.05, 4.69) is 0 Å². The van der Waals surface area contributed by atoms with E-state index >= 15 is 0 Å². The zero-order valence-corrected chi connectivity index (χ0v) is 20.8. The second-order valence-electron chi connectivity index (χ2n) is 7.45. The standard InChI is InChI=1S/C28H27ClO6/c1-32-24-15-12-19(9-8-18-16-25(33-2)28(35-4)26(17-18)34-3)22(27(24)31)6-5-7-23(30)20-10-13-21(29)14-11-20/h5,7-17,31H,6H2,1-4H3/b7-5-,9-8-. The monoisotopic (exact) mass is 494 g/mol. The van der Waals surface area contributed by atoms with Crippen LogP contribution in [0.2, 0.25) is 5.02 Å². The molecule has 3 aromatic rings. The molecule has 0 heterocycles. The third-order valence-corrected chi connectivity index (χ3v) is 5.62. The van der Waals surface area contributed by atoms with E-state index in [0.717, 1.165) is 11.1 Å². The van der Waals surface area contributed by atoms with Crippen molar-refractivity contribution in [3.63, 3.8) is 0 Å². The average molecular weight is 495 g/mol. The molecule has 0 radical (unpaired) electrons. The smallest absolute Gasteiger partial charge is 0.203 e. The van der Waals surface area contributed by atoms with Gasteiger partial charge in [0.05, 0.1) is 28.4 Å². The maximum atomic E-state index is 12.5. The molecule has 182 valence electrons. The fourth-order valence-electron chi connectivity index (χ4n) is 3.54. The number of allylic oxidation sites excluding steroid dienone is 2. The predicted octanol–water partition coefficient (Wildman–Crippen LogP) is 6.23. The fraction of sp³-hybridized carbons (Fsp3) is 0.179. The van der Waals surface area contributed by atoms with E-state index < -0.39 is 0 Å². The Morgan fingerprint density at radius 2 is 1.49 bits per heavy atom. The van der Waals surface area contributed by atoms with Crippen LogP contribution in [0.4, 0.5) is 0 Å². The van der Waals surface area contributed by atoms with Gasteiger partial charge >= 0.3 is 0 Å². The maximum Gasteiger partial charge on any atom is 0.203 e. The highest BCUT2D eigenvalue weighted by atomic mass is 35.5.